The van der Waals surface area contributed by atoms with E-state index in [4.69, 9.17) is 0 Å². The summed E-state index contributed by atoms with van der Waals surface area (Å²) in [7, 11) is 0. The van der Waals surface area contributed by atoms with Crippen LogP contribution in [-0.2, 0) is 4.79 Å². The molecule has 0 aliphatic carbocycles. The van der Waals surface area contributed by atoms with Crippen LogP contribution in [0.15, 0.2) is 12.1 Å². The third-order valence-corrected chi connectivity index (χ3v) is 3.23. The first kappa shape index (κ1) is 11.0. The quantitative estimate of drug-likeness (QED) is 0.725. The Hall–Kier alpha value is -1.51. The number of nitrogens with zero attached hydrogens (tertiary/aromatic N) is 1. The molecule has 3 nitrogen and oxygen atoms in total. The largest absolute Gasteiger partial charge is 0.383 e. The lowest BCUT2D eigenvalue weighted by Gasteiger charge is -2.23. The molecule has 1 aromatic carbocycles. The Balaban J connectivity index is 2.58. The van der Waals surface area contributed by atoms with Gasteiger partial charge in [0.15, 0.2) is 0 Å². The maximum Gasteiger partial charge on any atom is 0.223 e. The van der Waals surface area contributed by atoms with Crippen LogP contribution in [0.4, 0.5) is 11.4 Å². The minimum atomic E-state index is 0.124. The molecule has 1 aliphatic heterocycles. The Kier molecular flexibility index (Phi) is 2.86. The minimum absolute atomic E-state index is 0.124. The summed E-state index contributed by atoms with van der Waals surface area (Å²) in [4.78, 5) is 13.6. The average molecular weight is 218 g/mol. The third kappa shape index (κ3) is 1.77. The molecule has 0 saturated heterocycles. The second kappa shape index (κ2) is 4.16. The number of amides is 1. The van der Waals surface area contributed by atoms with E-state index in [0.29, 0.717) is 0 Å². The van der Waals surface area contributed by atoms with E-state index in [9.17, 15) is 4.79 Å². The molecule has 3 heteroatoms. The highest BCUT2D eigenvalue weighted by Crippen LogP contribution is 2.33. The van der Waals surface area contributed by atoms with Crippen LogP contribution in [0.25, 0.3) is 0 Å². The van der Waals surface area contributed by atoms with Crippen molar-refractivity contribution in [3.05, 3.63) is 23.3 Å². The van der Waals surface area contributed by atoms with Crippen molar-refractivity contribution in [3.8, 4) is 0 Å². The van der Waals surface area contributed by atoms with Gasteiger partial charge in [0.25, 0.3) is 0 Å². The summed E-state index contributed by atoms with van der Waals surface area (Å²) in [5.74, 6) is 0.124. The molecule has 86 valence electrons. The summed E-state index contributed by atoms with van der Waals surface area (Å²) in [6, 6.07) is 4.17. The zero-order valence-corrected chi connectivity index (χ0v) is 10.1. The van der Waals surface area contributed by atoms with Crippen molar-refractivity contribution in [2.75, 3.05) is 23.3 Å². The van der Waals surface area contributed by atoms with Crippen LogP contribution in [0.1, 0.15) is 24.5 Å². The van der Waals surface area contributed by atoms with Crippen LogP contribution in [0.5, 0.6) is 0 Å². The molecule has 1 aliphatic rings. The highest BCUT2D eigenvalue weighted by atomic mass is 16.2. The fraction of sp³-hybridized carbons (Fsp3) is 0.462. The van der Waals surface area contributed by atoms with Crippen molar-refractivity contribution < 1.29 is 4.79 Å². The number of fused-ring (bicyclic) bond motifs is 1. The topological polar surface area (TPSA) is 32.3 Å². The summed E-state index contributed by atoms with van der Waals surface area (Å²) in [5, 5.41) is 3.38. The van der Waals surface area contributed by atoms with E-state index in [1.54, 1.807) is 6.92 Å². The molecular weight excluding hydrogens is 200 g/mol. The molecule has 0 fully saturated rings. The maximum absolute atomic E-state index is 11.7. The molecule has 0 atom stereocenters. The molecule has 0 radical (unpaired) electrons. The van der Waals surface area contributed by atoms with Gasteiger partial charge in [0.05, 0.1) is 11.4 Å². The predicted molar refractivity (Wildman–Crippen MR) is 67.0 cm³/mol. The Labute approximate surface area is 96.5 Å². The van der Waals surface area contributed by atoms with Crippen molar-refractivity contribution in [1.82, 2.24) is 0 Å². The van der Waals surface area contributed by atoms with Gasteiger partial charge in [-0.3, -0.25) is 4.79 Å². The molecule has 16 heavy (non-hydrogen) atoms. The van der Waals surface area contributed by atoms with Crippen molar-refractivity contribution in [1.29, 1.82) is 0 Å². The molecular formula is C13H18N2O. The Bertz CT molecular complexity index is 426. The number of hydrogen-bond acceptors (Lipinski definition) is 2. The summed E-state index contributed by atoms with van der Waals surface area (Å²) in [6.07, 6.45) is 0.993. The predicted octanol–water partition coefficient (Wildman–Crippen LogP) is 2.47. The molecule has 1 N–H and O–H groups in total. The van der Waals surface area contributed by atoms with E-state index in [0.717, 1.165) is 30.9 Å². The Morgan fingerprint density at radius 1 is 1.38 bits per heavy atom. The van der Waals surface area contributed by atoms with E-state index < -0.39 is 0 Å². The smallest absolute Gasteiger partial charge is 0.223 e. The molecule has 1 amide bonds. The summed E-state index contributed by atoms with van der Waals surface area (Å²) in [6.45, 7) is 7.53. The molecule has 1 heterocycles. The van der Waals surface area contributed by atoms with Gasteiger partial charge in [-0.05, 0) is 37.5 Å². The van der Waals surface area contributed by atoms with Gasteiger partial charge in [-0.25, -0.2) is 0 Å². The van der Waals surface area contributed by atoms with Crippen LogP contribution < -0.4 is 10.2 Å². The first-order valence-corrected chi connectivity index (χ1v) is 5.73. The summed E-state index contributed by atoms with van der Waals surface area (Å²) in [5.41, 5.74) is 4.57. The fourth-order valence-electron chi connectivity index (χ4n) is 2.18. The second-order valence-corrected chi connectivity index (χ2v) is 4.35. The lowest BCUT2D eigenvalue weighted by molar-refractivity contribution is -0.116. The van der Waals surface area contributed by atoms with Crippen molar-refractivity contribution in [2.45, 2.75) is 27.2 Å². The van der Waals surface area contributed by atoms with Crippen LogP contribution in [-0.4, -0.2) is 19.0 Å². The van der Waals surface area contributed by atoms with E-state index in [1.807, 2.05) is 4.90 Å². The minimum Gasteiger partial charge on any atom is -0.383 e. The third-order valence-electron chi connectivity index (χ3n) is 3.23. The van der Waals surface area contributed by atoms with Gasteiger partial charge in [0.1, 0.15) is 0 Å². The molecule has 0 spiro atoms. The number of carbonyl (C=O) groups excluding carboxylic acids is 1. The van der Waals surface area contributed by atoms with Crippen LogP contribution in [0.3, 0.4) is 0 Å². The lowest BCUT2D eigenvalue weighted by Crippen LogP contribution is -2.29. The van der Waals surface area contributed by atoms with Gasteiger partial charge in [-0.1, -0.05) is 6.07 Å². The molecule has 2 rings (SSSR count). The number of anilines is 2. The fourth-order valence-corrected chi connectivity index (χ4v) is 2.18. The highest BCUT2D eigenvalue weighted by Gasteiger charge is 2.20. The molecule has 0 unspecified atom stereocenters. The van der Waals surface area contributed by atoms with Gasteiger partial charge >= 0.3 is 0 Å². The zero-order chi connectivity index (χ0) is 11.7. The van der Waals surface area contributed by atoms with Crippen molar-refractivity contribution in [3.63, 3.8) is 0 Å². The van der Waals surface area contributed by atoms with Crippen LogP contribution in [0, 0.1) is 13.8 Å². The number of benzene rings is 1. The van der Waals surface area contributed by atoms with Gasteiger partial charge in [-0.2, -0.15) is 0 Å². The van der Waals surface area contributed by atoms with E-state index in [-0.39, 0.29) is 5.91 Å². The Morgan fingerprint density at radius 2 is 2.12 bits per heavy atom. The lowest BCUT2D eigenvalue weighted by atomic mass is 10.1. The van der Waals surface area contributed by atoms with Gasteiger partial charge in [0, 0.05) is 20.0 Å². The average Bonchev–Trinajstić information content (AvgIpc) is 2.46. The number of carbonyl (C=O) groups is 1. The standard InChI is InChI=1S/C13H18N2O/c1-9-5-6-12-13(10(9)2)15(11(3)16)8-4-7-14-12/h5-6,14H,4,7-8H2,1-3H3. The second-order valence-electron chi connectivity index (χ2n) is 4.35. The van der Waals surface area contributed by atoms with E-state index >= 15 is 0 Å². The van der Waals surface area contributed by atoms with Gasteiger partial charge < -0.3 is 10.2 Å². The normalized spacial score (nSPS) is 15.1. The molecule has 1 aromatic rings. The van der Waals surface area contributed by atoms with Gasteiger partial charge in [-0.15, -0.1) is 0 Å². The summed E-state index contributed by atoms with van der Waals surface area (Å²) >= 11 is 0. The summed E-state index contributed by atoms with van der Waals surface area (Å²) < 4.78 is 0. The SMILES string of the molecule is CC(=O)N1CCCNc2ccc(C)c(C)c21. The van der Waals surface area contributed by atoms with E-state index in [2.05, 4.69) is 31.3 Å². The molecule has 0 aromatic heterocycles. The number of rotatable bonds is 0. The first-order valence-electron chi connectivity index (χ1n) is 5.73. The molecule has 0 saturated carbocycles. The molecule has 0 bridgehead atoms. The van der Waals surface area contributed by atoms with E-state index in [1.165, 1.54) is 11.1 Å². The number of hydrogen-bond donors (Lipinski definition) is 1. The van der Waals surface area contributed by atoms with Crippen molar-refractivity contribution in [2.24, 2.45) is 0 Å². The van der Waals surface area contributed by atoms with Crippen LogP contribution >= 0.6 is 0 Å². The monoisotopic (exact) mass is 218 g/mol. The number of nitrogens with one attached hydrogen (secondary N) is 1. The maximum atomic E-state index is 11.7. The Morgan fingerprint density at radius 3 is 2.81 bits per heavy atom. The number of aryl methyl sites for hydroxylation is 1. The zero-order valence-electron chi connectivity index (χ0n) is 10.1. The first-order chi connectivity index (χ1) is 7.61. The van der Waals surface area contributed by atoms with Crippen molar-refractivity contribution >= 4 is 17.3 Å². The highest BCUT2D eigenvalue weighted by molar-refractivity contribution is 5.96. The van der Waals surface area contributed by atoms with Gasteiger partial charge in [0.2, 0.25) is 5.91 Å². The van der Waals surface area contributed by atoms with Crippen LogP contribution in [0.2, 0.25) is 0 Å².